The molecular formula is C10H15NO. The maximum absolute atomic E-state index is 9.02. The van der Waals surface area contributed by atoms with Crippen LogP contribution in [-0.2, 0) is 13.0 Å². The largest absolute Gasteiger partial charge is 0.392 e. The quantitative estimate of drug-likeness (QED) is 0.724. The van der Waals surface area contributed by atoms with E-state index in [0.29, 0.717) is 0 Å². The molecule has 0 aliphatic carbocycles. The maximum Gasteiger partial charge on any atom is 0.0699 e. The maximum atomic E-state index is 9.02. The third-order valence-corrected chi connectivity index (χ3v) is 2.32. The number of rotatable bonds is 2. The summed E-state index contributed by atoms with van der Waals surface area (Å²) in [6.45, 7) is 6.24. The van der Waals surface area contributed by atoms with Crippen LogP contribution in [0.15, 0.2) is 6.20 Å². The molecule has 0 radical (unpaired) electrons. The summed E-state index contributed by atoms with van der Waals surface area (Å²) < 4.78 is 0. The van der Waals surface area contributed by atoms with E-state index in [0.717, 1.165) is 17.7 Å². The van der Waals surface area contributed by atoms with Gasteiger partial charge in [0.15, 0.2) is 0 Å². The first kappa shape index (κ1) is 9.20. The van der Waals surface area contributed by atoms with Gasteiger partial charge in [-0.1, -0.05) is 6.92 Å². The monoisotopic (exact) mass is 165 g/mol. The van der Waals surface area contributed by atoms with E-state index in [2.05, 4.69) is 18.8 Å². The Morgan fingerprint density at radius 1 is 1.42 bits per heavy atom. The number of aliphatic hydroxyl groups excluding tert-OH is 1. The van der Waals surface area contributed by atoms with Crippen molar-refractivity contribution in [1.29, 1.82) is 0 Å². The van der Waals surface area contributed by atoms with E-state index in [1.807, 2.05) is 6.92 Å². The average Bonchev–Trinajstić information content (AvgIpc) is 2.09. The van der Waals surface area contributed by atoms with Crippen LogP contribution >= 0.6 is 0 Å². The summed E-state index contributed by atoms with van der Waals surface area (Å²) >= 11 is 0. The molecule has 0 aliphatic heterocycles. The summed E-state index contributed by atoms with van der Waals surface area (Å²) in [6.07, 6.45) is 2.73. The molecule has 0 saturated heterocycles. The van der Waals surface area contributed by atoms with Crippen LogP contribution in [-0.4, -0.2) is 10.1 Å². The first-order chi connectivity index (χ1) is 5.70. The van der Waals surface area contributed by atoms with E-state index in [-0.39, 0.29) is 6.61 Å². The fourth-order valence-corrected chi connectivity index (χ4v) is 1.44. The van der Waals surface area contributed by atoms with E-state index >= 15 is 0 Å². The molecular weight excluding hydrogens is 150 g/mol. The van der Waals surface area contributed by atoms with Crippen LogP contribution in [0.4, 0.5) is 0 Å². The molecule has 1 aromatic rings. The molecule has 0 unspecified atom stereocenters. The molecule has 0 aromatic carbocycles. The average molecular weight is 165 g/mol. The molecule has 2 heteroatoms. The molecule has 0 saturated carbocycles. The Morgan fingerprint density at radius 3 is 2.58 bits per heavy atom. The van der Waals surface area contributed by atoms with Crippen molar-refractivity contribution in [3.05, 3.63) is 28.6 Å². The molecule has 1 heterocycles. The van der Waals surface area contributed by atoms with Crippen LogP contribution in [0.3, 0.4) is 0 Å². The highest BCUT2D eigenvalue weighted by molar-refractivity contribution is 5.34. The molecule has 0 aliphatic rings. The van der Waals surface area contributed by atoms with Crippen molar-refractivity contribution in [3.63, 3.8) is 0 Å². The number of aliphatic hydroxyl groups is 1. The lowest BCUT2D eigenvalue weighted by Gasteiger charge is -2.09. The standard InChI is InChI=1S/C10H15NO/c1-4-10-7(2)8(3)11-5-9(10)6-12/h5,12H,4,6H2,1-3H3. The molecule has 66 valence electrons. The number of aromatic nitrogens is 1. The second kappa shape index (κ2) is 3.68. The molecule has 2 nitrogen and oxygen atoms in total. The highest BCUT2D eigenvalue weighted by atomic mass is 16.3. The van der Waals surface area contributed by atoms with Crippen LogP contribution in [0.25, 0.3) is 0 Å². The number of nitrogens with zero attached hydrogens (tertiary/aromatic N) is 1. The summed E-state index contributed by atoms with van der Waals surface area (Å²) in [5, 5.41) is 9.02. The zero-order chi connectivity index (χ0) is 9.14. The molecule has 0 bridgehead atoms. The van der Waals surface area contributed by atoms with Gasteiger partial charge < -0.3 is 5.11 Å². The molecule has 0 atom stereocenters. The van der Waals surface area contributed by atoms with Crippen LogP contribution < -0.4 is 0 Å². The van der Waals surface area contributed by atoms with Crippen molar-refractivity contribution in [3.8, 4) is 0 Å². The summed E-state index contributed by atoms with van der Waals surface area (Å²) in [4.78, 5) is 4.20. The van der Waals surface area contributed by atoms with E-state index in [1.54, 1.807) is 6.20 Å². The lowest BCUT2D eigenvalue weighted by atomic mass is 10.0. The Balaban J connectivity index is 3.25. The van der Waals surface area contributed by atoms with Gasteiger partial charge in [-0.2, -0.15) is 0 Å². The highest BCUT2D eigenvalue weighted by Crippen LogP contribution is 2.16. The Kier molecular flexibility index (Phi) is 2.82. The minimum absolute atomic E-state index is 0.0945. The molecule has 0 amide bonds. The summed E-state index contributed by atoms with van der Waals surface area (Å²) in [7, 11) is 0. The molecule has 12 heavy (non-hydrogen) atoms. The van der Waals surface area contributed by atoms with Gasteiger partial charge in [0.05, 0.1) is 6.61 Å². The fourth-order valence-electron chi connectivity index (χ4n) is 1.44. The van der Waals surface area contributed by atoms with Crippen molar-refractivity contribution >= 4 is 0 Å². The molecule has 1 rings (SSSR count). The van der Waals surface area contributed by atoms with Gasteiger partial charge in [0, 0.05) is 11.9 Å². The van der Waals surface area contributed by atoms with Crippen molar-refractivity contribution in [2.45, 2.75) is 33.8 Å². The number of hydrogen-bond acceptors (Lipinski definition) is 2. The molecule has 1 aromatic heterocycles. The van der Waals surface area contributed by atoms with Gasteiger partial charge in [-0.25, -0.2) is 0 Å². The fraction of sp³-hybridized carbons (Fsp3) is 0.500. The van der Waals surface area contributed by atoms with E-state index < -0.39 is 0 Å². The van der Waals surface area contributed by atoms with Gasteiger partial charge in [0.1, 0.15) is 0 Å². The SMILES string of the molecule is CCc1c(CO)cnc(C)c1C. The lowest BCUT2D eigenvalue weighted by Crippen LogP contribution is -2.00. The van der Waals surface area contributed by atoms with E-state index in [4.69, 9.17) is 5.11 Å². The Morgan fingerprint density at radius 2 is 2.08 bits per heavy atom. The summed E-state index contributed by atoms with van der Waals surface area (Å²) in [5.41, 5.74) is 4.47. The predicted molar refractivity (Wildman–Crippen MR) is 49.0 cm³/mol. The third kappa shape index (κ3) is 1.48. The Labute approximate surface area is 73.3 Å². The van der Waals surface area contributed by atoms with Crippen molar-refractivity contribution < 1.29 is 5.11 Å². The Bertz CT molecular complexity index is 281. The normalized spacial score (nSPS) is 10.3. The predicted octanol–water partition coefficient (Wildman–Crippen LogP) is 1.75. The highest BCUT2D eigenvalue weighted by Gasteiger charge is 2.05. The first-order valence-electron chi connectivity index (χ1n) is 4.25. The zero-order valence-electron chi connectivity index (χ0n) is 7.89. The van der Waals surface area contributed by atoms with Crippen LogP contribution in [0, 0.1) is 13.8 Å². The van der Waals surface area contributed by atoms with Crippen LogP contribution in [0.1, 0.15) is 29.3 Å². The summed E-state index contributed by atoms with van der Waals surface area (Å²) in [6, 6.07) is 0. The van der Waals surface area contributed by atoms with Crippen LogP contribution in [0.5, 0.6) is 0 Å². The summed E-state index contributed by atoms with van der Waals surface area (Å²) in [5.74, 6) is 0. The van der Waals surface area contributed by atoms with Gasteiger partial charge >= 0.3 is 0 Å². The lowest BCUT2D eigenvalue weighted by molar-refractivity contribution is 0.280. The minimum Gasteiger partial charge on any atom is -0.392 e. The molecule has 0 spiro atoms. The first-order valence-corrected chi connectivity index (χ1v) is 4.25. The van der Waals surface area contributed by atoms with Crippen molar-refractivity contribution in [2.75, 3.05) is 0 Å². The number of pyridine rings is 1. The third-order valence-electron chi connectivity index (χ3n) is 2.32. The molecule has 0 fully saturated rings. The number of hydrogen-bond donors (Lipinski definition) is 1. The minimum atomic E-state index is 0.0945. The van der Waals surface area contributed by atoms with Crippen molar-refractivity contribution in [2.24, 2.45) is 0 Å². The van der Waals surface area contributed by atoms with Crippen molar-refractivity contribution in [1.82, 2.24) is 4.98 Å². The van der Waals surface area contributed by atoms with Gasteiger partial charge in [-0.15, -0.1) is 0 Å². The second-order valence-electron chi connectivity index (χ2n) is 2.98. The number of aryl methyl sites for hydroxylation is 1. The zero-order valence-corrected chi connectivity index (χ0v) is 7.89. The van der Waals surface area contributed by atoms with Gasteiger partial charge in [0.25, 0.3) is 0 Å². The van der Waals surface area contributed by atoms with E-state index in [1.165, 1.54) is 11.1 Å². The topological polar surface area (TPSA) is 33.1 Å². The van der Waals surface area contributed by atoms with Gasteiger partial charge in [0.2, 0.25) is 0 Å². The Hall–Kier alpha value is -0.890. The van der Waals surface area contributed by atoms with Gasteiger partial charge in [-0.05, 0) is 37.0 Å². The van der Waals surface area contributed by atoms with Crippen LogP contribution in [0.2, 0.25) is 0 Å². The molecule has 1 N–H and O–H groups in total. The smallest absolute Gasteiger partial charge is 0.0699 e. The van der Waals surface area contributed by atoms with E-state index in [9.17, 15) is 0 Å². The second-order valence-corrected chi connectivity index (χ2v) is 2.98. The van der Waals surface area contributed by atoms with Gasteiger partial charge in [-0.3, -0.25) is 4.98 Å².